The van der Waals surface area contributed by atoms with Crippen molar-refractivity contribution in [2.75, 3.05) is 13.2 Å². The van der Waals surface area contributed by atoms with E-state index in [2.05, 4.69) is 5.32 Å². The average Bonchev–Trinajstić information content (AvgIpc) is 2.66. The Hall–Kier alpha value is -2.44. The maximum Gasteiger partial charge on any atom is 0.264 e. The summed E-state index contributed by atoms with van der Waals surface area (Å²) in [5.41, 5.74) is -0.0279. The maximum absolute atomic E-state index is 13.0. The summed E-state index contributed by atoms with van der Waals surface area (Å²) in [5.74, 6) is -0.591. The molecule has 1 amide bonds. The van der Waals surface area contributed by atoms with E-state index in [4.69, 9.17) is 0 Å². The number of aliphatic hydroxyl groups excluding tert-OH is 2. The van der Waals surface area contributed by atoms with E-state index < -0.39 is 30.2 Å². The van der Waals surface area contributed by atoms with Crippen LogP contribution >= 0.6 is 0 Å². The molecule has 0 saturated carbocycles. The number of nitrogens with zero attached hydrogens (tertiary/aromatic N) is 1. The van der Waals surface area contributed by atoms with E-state index in [1.165, 1.54) is 4.57 Å². The Morgan fingerprint density at radius 3 is 2.35 bits per heavy atom. The average molecular weight is 358 g/mol. The van der Waals surface area contributed by atoms with Gasteiger partial charge in [0.25, 0.3) is 11.5 Å². The first kappa shape index (κ1) is 19.9. The summed E-state index contributed by atoms with van der Waals surface area (Å²) < 4.78 is 1.52. The number of amides is 1. The minimum Gasteiger partial charge on any atom is -0.394 e. The lowest BCUT2D eigenvalue weighted by Crippen LogP contribution is -2.55. The Bertz CT molecular complexity index is 802. The van der Waals surface area contributed by atoms with Gasteiger partial charge in [-0.1, -0.05) is 37.3 Å². The number of carbonyl (C=O) groups excluding carboxylic acids is 1. The van der Waals surface area contributed by atoms with Crippen molar-refractivity contribution in [1.82, 2.24) is 9.88 Å². The lowest BCUT2D eigenvalue weighted by Gasteiger charge is -2.30. The molecule has 0 aliphatic carbocycles. The molecule has 3 N–H and O–H groups in total. The Labute approximate surface area is 153 Å². The van der Waals surface area contributed by atoms with Crippen LogP contribution in [0.5, 0.6) is 0 Å². The van der Waals surface area contributed by atoms with Gasteiger partial charge in [0.2, 0.25) is 0 Å². The smallest absolute Gasteiger partial charge is 0.264 e. The molecule has 1 heterocycles. The van der Waals surface area contributed by atoms with Crippen LogP contribution in [-0.2, 0) is 0 Å². The number of carbonyl (C=O) groups is 1. The van der Waals surface area contributed by atoms with Gasteiger partial charge in [-0.15, -0.1) is 0 Å². The number of nitrogens with one attached hydrogen (secondary N) is 1. The van der Waals surface area contributed by atoms with Crippen LogP contribution in [0, 0.1) is 6.92 Å². The van der Waals surface area contributed by atoms with Crippen molar-refractivity contribution < 1.29 is 15.0 Å². The SMILES string of the molecule is CCC(CO)(CO)NC(=O)c1c(C)ccn(C(C)c2ccccc2)c1=O. The molecule has 0 spiro atoms. The van der Waals surface area contributed by atoms with Crippen LogP contribution in [0.15, 0.2) is 47.4 Å². The highest BCUT2D eigenvalue weighted by atomic mass is 16.3. The summed E-state index contributed by atoms with van der Waals surface area (Å²) in [6.45, 7) is 4.52. The Morgan fingerprint density at radius 2 is 1.81 bits per heavy atom. The number of hydrogen-bond acceptors (Lipinski definition) is 4. The summed E-state index contributed by atoms with van der Waals surface area (Å²) in [5, 5.41) is 21.7. The van der Waals surface area contributed by atoms with Crippen LogP contribution in [0.4, 0.5) is 0 Å². The minimum atomic E-state index is -1.15. The third kappa shape index (κ3) is 3.86. The Morgan fingerprint density at radius 1 is 1.19 bits per heavy atom. The van der Waals surface area contributed by atoms with E-state index in [0.717, 1.165) is 5.56 Å². The van der Waals surface area contributed by atoms with Crippen LogP contribution in [0.3, 0.4) is 0 Å². The van der Waals surface area contributed by atoms with Crippen molar-refractivity contribution in [3.63, 3.8) is 0 Å². The molecular formula is C20H26N2O4. The predicted octanol–water partition coefficient (Wildman–Crippen LogP) is 1.63. The van der Waals surface area contributed by atoms with Gasteiger partial charge in [0.05, 0.1) is 24.8 Å². The first-order valence-corrected chi connectivity index (χ1v) is 8.70. The van der Waals surface area contributed by atoms with Crippen molar-refractivity contribution >= 4 is 5.91 Å². The van der Waals surface area contributed by atoms with E-state index in [1.54, 1.807) is 26.1 Å². The molecule has 6 heteroatoms. The van der Waals surface area contributed by atoms with Crippen LogP contribution in [0.1, 0.15) is 47.8 Å². The van der Waals surface area contributed by atoms with E-state index >= 15 is 0 Å². The monoisotopic (exact) mass is 358 g/mol. The van der Waals surface area contributed by atoms with Crippen molar-refractivity contribution in [1.29, 1.82) is 0 Å². The van der Waals surface area contributed by atoms with Crippen LogP contribution in [0.2, 0.25) is 0 Å². The zero-order valence-electron chi connectivity index (χ0n) is 15.4. The van der Waals surface area contributed by atoms with E-state index in [-0.39, 0.29) is 11.6 Å². The number of aromatic nitrogens is 1. The number of aryl methyl sites for hydroxylation is 1. The van der Waals surface area contributed by atoms with Gasteiger partial charge in [0, 0.05) is 6.20 Å². The molecule has 2 rings (SSSR count). The maximum atomic E-state index is 13.0. The van der Waals surface area contributed by atoms with Crippen molar-refractivity contribution in [2.45, 2.75) is 38.8 Å². The molecule has 0 saturated heterocycles. The molecule has 26 heavy (non-hydrogen) atoms. The topological polar surface area (TPSA) is 91.6 Å². The third-order valence-electron chi connectivity index (χ3n) is 4.91. The number of hydrogen-bond donors (Lipinski definition) is 3. The summed E-state index contributed by atoms with van der Waals surface area (Å²) in [6.07, 6.45) is 2.02. The lowest BCUT2D eigenvalue weighted by atomic mass is 9.97. The van der Waals surface area contributed by atoms with Crippen LogP contribution in [0.25, 0.3) is 0 Å². The summed E-state index contributed by atoms with van der Waals surface area (Å²) in [7, 11) is 0. The Kier molecular flexibility index (Phi) is 6.34. The zero-order chi connectivity index (χ0) is 19.3. The largest absolute Gasteiger partial charge is 0.394 e. The molecule has 0 fully saturated rings. The van der Waals surface area contributed by atoms with Gasteiger partial charge in [-0.3, -0.25) is 9.59 Å². The quantitative estimate of drug-likeness (QED) is 0.701. The second-order valence-electron chi connectivity index (χ2n) is 6.58. The van der Waals surface area contributed by atoms with Gasteiger partial charge in [-0.2, -0.15) is 0 Å². The standard InChI is InChI=1S/C20H26N2O4/c1-4-20(12-23,13-24)21-18(25)17-14(2)10-11-22(19(17)26)15(3)16-8-6-5-7-9-16/h5-11,15,23-24H,4,12-13H2,1-3H3,(H,21,25). The zero-order valence-corrected chi connectivity index (χ0v) is 15.4. The molecule has 1 aromatic heterocycles. The second kappa shape index (κ2) is 8.29. The molecule has 0 radical (unpaired) electrons. The van der Waals surface area contributed by atoms with Gasteiger partial charge < -0.3 is 20.1 Å². The fraction of sp³-hybridized carbons (Fsp3) is 0.400. The molecular weight excluding hydrogens is 332 g/mol. The highest BCUT2D eigenvalue weighted by Gasteiger charge is 2.30. The van der Waals surface area contributed by atoms with Crippen molar-refractivity contribution in [2.24, 2.45) is 0 Å². The van der Waals surface area contributed by atoms with E-state index in [1.807, 2.05) is 37.3 Å². The molecule has 1 aromatic carbocycles. The summed E-state index contributed by atoms with van der Waals surface area (Å²) in [4.78, 5) is 25.7. The molecule has 6 nitrogen and oxygen atoms in total. The number of rotatable bonds is 7. The second-order valence-corrected chi connectivity index (χ2v) is 6.58. The predicted molar refractivity (Wildman–Crippen MR) is 100 cm³/mol. The van der Waals surface area contributed by atoms with Gasteiger partial charge in [0.15, 0.2) is 0 Å². The van der Waals surface area contributed by atoms with Crippen LogP contribution < -0.4 is 10.9 Å². The summed E-state index contributed by atoms with van der Waals surface area (Å²) in [6, 6.07) is 11.0. The third-order valence-corrected chi connectivity index (χ3v) is 4.91. The van der Waals surface area contributed by atoms with E-state index in [0.29, 0.717) is 12.0 Å². The minimum absolute atomic E-state index is 0.0232. The van der Waals surface area contributed by atoms with Crippen molar-refractivity contribution in [3.8, 4) is 0 Å². The van der Waals surface area contributed by atoms with Gasteiger partial charge in [0.1, 0.15) is 5.56 Å². The highest BCUT2D eigenvalue weighted by molar-refractivity contribution is 5.95. The molecule has 1 atom stereocenters. The first-order valence-electron chi connectivity index (χ1n) is 8.70. The molecule has 2 aromatic rings. The molecule has 0 aliphatic heterocycles. The molecule has 1 unspecified atom stereocenters. The normalized spacial score (nSPS) is 12.7. The van der Waals surface area contributed by atoms with Gasteiger partial charge in [-0.25, -0.2) is 0 Å². The first-order chi connectivity index (χ1) is 12.4. The summed E-state index contributed by atoms with van der Waals surface area (Å²) >= 11 is 0. The fourth-order valence-electron chi connectivity index (χ4n) is 2.86. The van der Waals surface area contributed by atoms with E-state index in [9.17, 15) is 19.8 Å². The van der Waals surface area contributed by atoms with Crippen LogP contribution in [-0.4, -0.2) is 39.4 Å². The molecule has 140 valence electrons. The molecule has 0 bridgehead atoms. The number of benzene rings is 1. The van der Waals surface area contributed by atoms with Gasteiger partial charge in [-0.05, 0) is 37.5 Å². The Balaban J connectivity index is 2.44. The lowest BCUT2D eigenvalue weighted by molar-refractivity contribution is 0.0650. The molecule has 0 aliphatic rings. The van der Waals surface area contributed by atoms with Crippen molar-refractivity contribution in [3.05, 3.63) is 69.6 Å². The number of aliphatic hydroxyl groups is 2. The number of pyridine rings is 1. The van der Waals surface area contributed by atoms with Gasteiger partial charge >= 0.3 is 0 Å². The fourth-order valence-corrected chi connectivity index (χ4v) is 2.86. The highest BCUT2D eigenvalue weighted by Crippen LogP contribution is 2.17.